The Labute approximate surface area is 119 Å². The van der Waals surface area contributed by atoms with Crippen LogP contribution in [0.3, 0.4) is 0 Å². The first kappa shape index (κ1) is 12.4. The van der Waals surface area contributed by atoms with Gasteiger partial charge in [0.25, 0.3) is 0 Å². The van der Waals surface area contributed by atoms with Crippen molar-refractivity contribution in [3.63, 3.8) is 0 Å². The summed E-state index contributed by atoms with van der Waals surface area (Å²) in [4.78, 5) is 7.28. The third kappa shape index (κ3) is 2.23. The zero-order valence-electron chi connectivity index (χ0n) is 12.1. The number of rotatable bonds is 3. The molecule has 2 aromatic rings. The second-order valence-electron chi connectivity index (χ2n) is 6.11. The number of hydrogen-bond acceptors (Lipinski definition) is 3. The van der Waals surface area contributed by atoms with Crippen LogP contribution in [0.15, 0.2) is 18.2 Å². The van der Waals surface area contributed by atoms with Crippen LogP contribution in [0, 0.1) is 6.92 Å². The summed E-state index contributed by atoms with van der Waals surface area (Å²) in [6.07, 6.45) is 2.63. The van der Waals surface area contributed by atoms with Crippen molar-refractivity contribution >= 4 is 11.0 Å². The van der Waals surface area contributed by atoms with Gasteiger partial charge in [0, 0.05) is 38.8 Å². The van der Waals surface area contributed by atoms with Gasteiger partial charge in [-0.2, -0.15) is 0 Å². The minimum Gasteiger partial charge on any atom is -0.325 e. The maximum Gasteiger partial charge on any atom is 0.106 e. The molecular formula is C16H22N4. The van der Waals surface area contributed by atoms with Crippen LogP contribution in [0.2, 0.25) is 0 Å². The molecule has 2 fully saturated rings. The van der Waals surface area contributed by atoms with Crippen LogP contribution >= 0.6 is 0 Å². The van der Waals surface area contributed by atoms with Crippen LogP contribution in [0.5, 0.6) is 0 Å². The summed E-state index contributed by atoms with van der Waals surface area (Å²) in [5, 5.41) is 3.40. The molecule has 20 heavy (non-hydrogen) atoms. The van der Waals surface area contributed by atoms with Crippen LogP contribution in [-0.4, -0.2) is 40.6 Å². The van der Waals surface area contributed by atoms with Crippen LogP contribution in [0.4, 0.5) is 0 Å². The Morgan fingerprint density at radius 1 is 1.25 bits per heavy atom. The first-order chi connectivity index (χ1) is 9.81. The topological polar surface area (TPSA) is 33.1 Å². The van der Waals surface area contributed by atoms with E-state index in [0.29, 0.717) is 6.04 Å². The molecule has 0 unspecified atom stereocenters. The maximum absolute atomic E-state index is 4.76. The van der Waals surface area contributed by atoms with E-state index >= 15 is 0 Å². The SMILES string of the molecule is Cc1nc2cc(CN3CCNCC3)ccc2n1C1CC1. The first-order valence-electron chi connectivity index (χ1n) is 7.72. The first-order valence-corrected chi connectivity index (χ1v) is 7.72. The smallest absolute Gasteiger partial charge is 0.106 e. The lowest BCUT2D eigenvalue weighted by molar-refractivity contribution is 0.233. The van der Waals surface area contributed by atoms with Crippen LogP contribution in [-0.2, 0) is 6.54 Å². The predicted molar refractivity (Wildman–Crippen MR) is 80.9 cm³/mol. The molecule has 0 spiro atoms. The highest BCUT2D eigenvalue weighted by molar-refractivity contribution is 5.77. The van der Waals surface area contributed by atoms with E-state index in [-0.39, 0.29) is 0 Å². The maximum atomic E-state index is 4.76. The van der Waals surface area contributed by atoms with E-state index < -0.39 is 0 Å². The van der Waals surface area contributed by atoms with Crippen molar-refractivity contribution in [3.05, 3.63) is 29.6 Å². The van der Waals surface area contributed by atoms with Gasteiger partial charge in [0.2, 0.25) is 0 Å². The molecule has 1 saturated carbocycles. The van der Waals surface area contributed by atoms with Gasteiger partial charge >= 0.3 is 0 Å². The summed E-state index contributed by atoms with van der Waals surface area (Å²) in [5.74, 6) is 1.17. The average molecular weight is 270 g/mol. The van der Waals surface area contributed by atoms with Crippen LogP contribution < -0.4 is 5.32 Å². The average Bonchev–Trinajstić information content (AvgIpc) is 3.23. The highest BCUT2D eigenvalue weighted by Crippen LogP contribution is 2.38. The number of benzene rings is 1. The highest BCUT2D eigenvalue weighted by Gasteiger charge is 2.26. The molecule has 0 bridgehead atoms. The number of hydrogen-bond donors (Lipinski definition) is 1. The molecule has 1 aromatic heterocycles. The Kier molecular flexibility index (Phi) is 3.00. The normalized spacial score (nSPS) is 20.6. The van der Waals surface area contributed by atoms with Crippen molar-refractivity contribution in [2.24, 2.45) is 0 Å². The van der Waals surface area contributed by atoms with E-state index in [2.05, 4.69) is 39.9 Å². The molecule has 0 amide bonds. The van der Waals surface area contributed by atoms with E-state index in [1.165, 1.54) is 35.3 Å². The minimum absolute atomic E-state index is 0.707. The number of nitrogens with zero attached hydrogens (tertiary/aromatic N) is 3. The number of imidazole rings is 1. The lowest BCUT2D eigenvalue weighted by atomic mass is 10.1. The molecule has 2 aliphatic rings. The Balaban J connectivity index is 1.62. The second kappa shape index (κ2) is 4.86. The lowest BCUT2D eigenvalue weighted by Gasteiger charge is -2.27. The molecule has 2 heterocycles. The van der Waals surface area contributed by atoms with Gasteiger partial charge < -0.3 is 9.88 Å². The van der Waals surface area contributed by atoms with E-state index in [4.69, 9.17) is 4.98 Å². The van der Waals surface area contributed by atoms with Gasteiger partial charge in [-0.15, -0.1) is 0 Å². The summed E-state index contributed by atoms with van der Waals surface area (Å²) in [6, 6.07) is 7.54. The standard InChI is InChI=1S/C16H22N4/c1-12-18-15-10-13(11-19-8-6-17-7-9-19)2-5-16(15)20(12)14-3-4-14/h2,5,10,14,17H,3-4,6-9,11H2,1H3. The molecule has 1 aromatic carbocycles. The molecule has 1 aliphatic carbocycles. The number of aryl methyl sites for hydroxylation is 1. The van der Waals surface area contributed by atoms with Crippen molar-refractivity contribution in [1.29, 1.82) is 0 Å². The van der Waals surface area contributed by atoms with Gasteiger partial charge in [0.15, 0.2) is 0 Å². The summed E-state index contributed by atoms with van der Waals surface area (Å²) in [7, 11) is 0. The quantitative estimate of drug-likeness (QED) is 0.927. The van der Waals surface area contributed by atoms with Gasteiger partial charge in [-0.3, -0.25) is 4.90 Å². The third-order valence-electron chi connectivity index (χ3n) is 4.46. The molecular weight excluding hydrogens is 248 g/mol. The van der Waals surface area contributed by atoms with E-state index in [1.54, 1.807) is 0 Å². The number of piperazine rings is 1. The van der Waals surface area contributed by atoms with E-state index in [1.807, 2.05) is 0 Å². The summed E-state index contributed by atoms with van der Waals surface area (Å²) in [5.41, 5.74) is 3.87. The molecule has 106 valence electrons. The van der Waals surface area contributed by atoms with Crippen molar-refractivity contribution in [1.82, 2.24) is 19.8 Å². The third-order valence-corrected chi connectivity index (χ3v) is 4.46. The Hall–Kier alpha value is -1.39. The molecule has 4 heteroatoms. The minimum atomic E-state index is 0.707. The predicted octanol–water partition coefficient (Wildman–Crippen LogP) is 2.08. The van der Waals surface area contributed by atoms with Gasteiger partial charge in [0.05, 0.1) is 11.0 Å². The van der Waals surface area contributed by atoms with Crippen molar-refractivity contribution in [2.45, 2.75) is 32.4 Å². The van der Waals surface area contributed by atoms with Gasteiger partial charge in [0.1, 0.15) is 5.82 Å². The Bertz CT molecular complexity index is 621. The summed E-state index contributed by atoms with van der Waals surface area (Å²) < 4.78 is 2.42. The van der Waals surface area contributed by atoms with Crippen molar-refractivity contribution < 1.29 is 0 Å². The summed E-state index contributed by atoms with van der Waals surface area (Å²) in [6.45, 7) is 7.69. The van der Waals surface area contributed by atoms with Crippen LogP contribution in [0.25, 0.3) is 11.0 Å². The van der Waals surface area contributed by atoms with Gasteiger partial charge in [-0.05, 0) is 37.5 Å². The molecule has 4 nitrogen and oxygen atoms in total. The molecule has 1 aliphatic heterocycles. The molecule has 0 radical (unpaired) electrons. The van der Waals surface area contributed by atoms with Gasteiger partial charge in [-0.25, -0.2) is 4.98 Å². The second-order valence-corrected chi connectivity index (χ2v) is 6.11. The Morgan fingerprint density at radius 3 is 2.80 bits per heavy atom. The molecule has 0 atom stereocenters. The van der Waals surface area contributed by atoms with Crippen molar-refractivity contribution in [2.75, 3.05) is 26.2 Å². The zero-order chi connectivity index (χ0) is 13.5. The number of nitrogens with one attached hydrogen (secondary N) is 1. The lowest BCUT2D eigenvalue weighted by Crippen LogP contribution is -2.42. The highest BCUT2D eigenvalue weighted by atomic mass is 15.2. The van der Waals surface area contributed by atoms with Gasteiger partial charge in [-0.1, -0.05) is 6.07 Å². The van der Waals surface area contributed by atoms with Crippen LogP contribution in [0.1, 0.15) is 30.3 Å². The largest absolute Gasteiger partial charge is 0.325 e. The molecule has 4 rings (SSSR count). The molecule has 1 saturated heterocycles. The fourth-order valence-corrected chi connectivity index (χ4v) is 3.28. The van der Waals surface area contributed by atoms with E-state index in [9.17, 15) is 0 Å². The monoisotopic (exact) mass is 270 g/mol. The fourth-order valence-electron chi connectivity index (χ4n) is 3.28. The Morgan fingerprint density at radius 2 is 2.05 bits per heavy atom. The molecule has 1 N–H and O–H groups in total. The zero-order valence-corrected chi connectivity index (χ0v) is 12.1. The number of fused-ring (bicyclic) bond motifs is 1. The van der Waals surface area contributed by atoms with E-state index in [0.717, 1.165) is 32.7 Å². The fraction of sp³-hybridized carbons (Fsp3) is 0.562. The number of aromatic nitrogens is 2. The summed E-state index contributed by atoms with van der Waals surface area (Å²) >= 11 is 0. The van der Waals surface area contributed by atoms with Crippen molar-refractivity contribution in [3.8, 4) is 0 Å².